The fraction of sp³-hybridized carbons (Fsp3) is 0.0556. The molecule has 4 nitrogen and oxygen atoms in total. The average molecular weight is 390 g/mol. The molecular formula is C18H13Cl2N3OS. The average Bonchev–Trinajstić information content (AvgIpc) is 3.03. The summed E-state index contributed by atoms with van der Waals surface area (Å²) in [5.74, 6) is -0.283. The quantitative estimate of drug-likeness (QED) is 0.618. The van der Waals surface area contributed by atoms with Gasteiger partial charge in [-0.2, -0.15) is 0 Å². The summed E-state index contributed by atoms with van der Waals surface area (Å²) in [6, 6.07) is 14.8. The molecule has 3 aromatic rings. The smallest absolute Gasteiger partial charge is 0.250 e. The van der Waals surface area contributed by atoms with Crippen LogP contribution in [0.25, 0.3) is 6.08 Å². The van der Waals surface area contributed by atoms with Crippen LogP contribution in [0.15, 0.2) is 54.6 Å². The first-order chi connectivity index (χ1) is 12.1. The van der Waals surface area contributed by atoms with E-state index < -0.39 is 0 Å². The van der Waals surface area contributed by atoms with Gasteiger partial charge in [0.15, 0.2) is 0 Å². The van der Waals surface area contributed by atoms with Crippen LogP contribution in [0.2, 0.25) is 10.0 Å². The summed E-state index contributed by atoms with van der Waals surface area (Å²) in [4.78, 5) is 12.0. The first-order valence-corrected chi connectivity index (χ1v) is 8.98. The van der Waals surface area contributed by atoms with E-state index in [1.807, 2.05) is 42.5 Å². The molecule has 0 aliphatic carbocycles. The minimum atomic E-state index is -0.283. The number of hydrogen-bond donors (Lipinski definition) is 1. The van der Waals surface area contributed by atoms with Gasteiger partial charge in [-0.25, -0.2) is 0 Å². The van der Waals surface area contributed by atoms with E-state index in [1.54, 1.807) is 12.1 Å². The summed E-state index contributed by atoms with van der Waals surface area (Å²) in [5, 5.41) is 13.3. The monoisotopic (exact) mass is 389 g/mol. The van der Waals surface area contributed by atoms with Crippen LogP contribution in [0.3, 0.4) is 0 Å². The maximum absolute atomic E-state index is 12.0. The number of carbonyl (C=O) groups excluding carboxylic acids is 1. The van der Waals surface area contributed by atoms with Crippen molar-refractivity contribution in [2.45, 2.75) is 6.42 Å². The Morgan fingerprint density at radius 2 is 1.84 bits per heavy atom. The zero-order valence-corrected chi connectivity index (χ0v) is 15.3. The number of nitrogens with zero attached hydrogens (tertiary/aromatic N) is 2. The van der Waals surface area contributed by atoms with Crippen molar-refractivity contribution in [1.82, 2.24) is 10.2 Å². The largest absolute Gasteiger partial charge is 0.297 e. The zero-order valence-electron chi connectivity index (χ0n) is 12.9. The van der Waals surface area contributed by atoms with E-state index in [1.165, 1.54) is 17.4 Å². The van der Waals surface area contributed by atoms with Crippen LogP contribution in [-0.4, -0.2) is 16.1 Å². The number of aromatic nitrogens is 2. The molecule has 1 aromatic heterocycles. The number of hydrogen-bond acceptors (Lipinski definition) is 4. The van der Waals surface area contributed by atoms with Crippen molar-refractivity contribution in [2.75, 3.05) is 5.32 Å². The van der Waals surface area contributed by atoms with E-state index in [0.29, 0.717) is 21.6 Å². The van der Waals surface area contributed by atoms with Crippen molar-refractivity contribution < 1.29 is 4.79 Å². The zero-order chi connectivity index (χ0) is 17.6. The van der Waals surface area contributed by atoms with Gasteiger partial charge in [-0.3, -0.25) is 10.1 Å². The predicted octanol–water partition coefficient (Wildman–Crippen LogP) is 5.09. The maximum atomic E-state index is 12.0. The van der Waals surface area contributed by atoms with Crippen LogP contribution >= 0.6 is 34.5 Å². The topological polar surface area (TPSA) is 54.9 Å². The van der Waals surface area contributed by atoms with Crippen LogP contribution < -0.4 is 5.32 Å². The molecule has 0 bridgehead atoms. The molecule has 126 valence electrons. The van der Waals surface area contributed by atoms with Gasteiger partial charge in [0.25, 0.3) is 0 Å². The highest BCUT2D eigenvalue weighted by Gasteiger charge is 2.07. The highest BCUT2D eigenvalue weighted by Crippen LogP contribution is 2.20. The predicted molar refractivity (Wildman–Crippen MR) is 103 cm³/mol. The van der Waals surface area contributed by atoms with E-state index in [0.717, 1.165) is 16.1 Å². The minimum absolute atomic E-state index is 0.283. The molecule has 3 rings (SSSR count). The Hall–Kier alpha value is -2.21. The third-order valence-electron chi connectivity index (χ3n) is 3.29. The Labute approximate surface area is 159 Å². The van der Waals surface area contributed by atoms with Crippen LogP contribution in [-0.2, 0) is 11.2 Å². The van der Waals surface area contributed by atoms with Crippen molar-refractivity contribution in [3.05, 3.63) is 80.8 Å². The molecule has 0 unspecified atom stereocenters. The number of halogens is 2. The number of anilines is 1. The van der Waals surface area contributed by atoms with Crippen LogP contribution in [0.1, 0.15) is 16.1 Å². The summed E-state index contributed by atoms with van der Waals surface area (Å²) < 4.78 is 0. The molecule has 0 saturated heterocycles. The minimum Gasteiger partial charge on any atom is -0.297 e. The van der Waals surface area contributed by atoms with Crippen LogP contribution in [0, 0.1) is 0 Å². The molecule has 0 atom stereocenters. The van der Waals surface area contributed by atoms with Crippen molar-refractivity contribution in [3.63, 3.8) is 0 Å². The van der Waals surface area contributed by atoms with Crippen molar-refractivity contribution >= 4 is 51.7 Å². The van der Waals surface area contributed by atoms with E-state index in [4.69, 9.17) is 23.2 Å². The number of amides is 1. The fourth-order valence-corrected chi connectivity index (χ4v) is 3.18. The third kappa shape index (κ3) is 5.13. The first-order valence-electron chi connectivity index (χ1n) is 7.40. The summed E-state index contributed by atoms with van der Waals surface area (Å²) in [6.07, 6.45) is 3.72. The first kappa shape index (κ1) is 17.6. The van der Waals surface area contributed by atoms with E-state index in [2.05, 4.69) is 15.5 Å². The lowest BCUT2D eigenvalue weighted by molar-refractivity contribution is -0.111. The highest BCUT2D eigenvalue weighted by atomic mass is 35.5. The number of nitrogens with one attached hydrogen (secondary N) is 1. The summed E-state index contributed by atoms with van der Waals surface area (Å²) in [5.41, 5.74) is 1.86. The summed E-state index contributed by atoms with van der Waals surface area (Å²) in [6.45, 7) is 0. The van der Waals surface area contributed by atoms with Gasteiger partial charge in [0.1, 0.15) is 5.01 Å². The lowest BCUT2D eigenvalue weighted by atomic mass is 10.2. The summed E-state index contributed by atoms with van der Waals surface area (Å²) >= 11 is 13.3. The van der Waals surface area contributed by atoms with Gasteiger partial charge in [0.05, 0.1) is 0 Å². The lowest BCUT2D eigenvalue weighted by Gasteiger charge is -1.98. The van der Waals surface area contributed by atoms with Gasteiger partial charge in [-0.1, -0.05) is 64.9 Å². The number of rotatable bonds is 5. The van der Waals surface area contributed by atoms with E-state index >= 15 is 0 Å². The second kappa shape index (κ2) is 8.25. The molecule has 0 saturated carbocycles. The van der Waals surface area contributed by atoms with Gasteiger partial charge in [0, 0.05) is 22.5 Å². The Morgan fingerprint density at radius 3 is 2.60 bits per heavy atom. The van der Waals surface area contributed by atoms with Gasteiger partial charge in [-0.15, -0.1) is 10.2 Å². The fourth-order valence-electron chi connectivity index (χ4n) is 2.08. The molecule has 0 aliphatic rings. The Morgan fingerprint density at radius 1 is 1.08 bits per heavy atom. The van der Waals surface area contributed by atoms with Gasteiger partial charge < -0.3 is 0 Å². The Balaban J connectivity index is 1.60. The molecule has 2 aromatic carbocycles. The second-order valence-electron chi connectivity index (χ2n) is 5.15. The van der Waals surface area contributed by atoms with Crippen molar-refractivity contribution in [1.29, 1.82) is 0 Å². The lowest BCUT2D eigenvalue weighted by Crippen LogP contribution is -2.07. The molecule has 1 heterocycles. The van der Waals surface area contributed by atoms with Crippen molar-refractivity contribution in [2.24, 2.45) is 0 Å². The van der Waals surface area contributed by atoms with Crippen molar-refractivity contribution in [3.8, 4) is 0 Å². The molecular weight excluding hydrogens is 377 g/mol. The Bertz CT molecular complexity index is 907. The normalized spacial score (nSPS) is 11.0. The SMILES string of the molecule is O=C(/C=C/c1ccccc1Cl)Nc1nnc(Cc2ccc(Cl)cc2)s1. The van der Waals surface area contributed by atoms with E-state index in [-0.39, 0.29) is 5.91 Å². The number of carbonyl (C=O) groups is 1. The number of benzene rings is 2. The molecule has 1 amide bonds. The molecule has 0 aliphatic heterocycles. The second-order valence-corrected chi connectivity index (χ2v) is 7.05. The molecule has 0 fully saturated rings. The highest BCUT2D eigenvalue weighted by molar-refractivity contribution is 7.15. The van der Waals surface area contributed by atoms with Gasteiger partial charge >= 0.3 is 0 Å². The van der Waals surface area contributed by atoms with Crippen LogP contribution in [0.5, 0.6) is 0 Å². The van der Waals surface area contributed by atoms with E-state index in [9.17, 15) is 4.79 Å². The molecule has 7 heteroatoms. The molecule has 0 spiro atoms. The van der Waals surface area contributed by atoms with Gasteiger partial charge in [-0.05, 0) is 35.4 Å². The standard InChI is InChI=1S/C18H13Cl2N3OS/c19-14-8-5-12(6-9-14)11-17-22-23-18(25-17)21-16(24)10-7-13-3-1-2-4-15(13)20/h1-10H,11H2,(H,21,23,24)/b10-7+. The molecule has 0 radical (unpaired) electrons. The van der Waals surface area contributed by atoms with Crippen LogP contribution in [0.4, 0.5) is 5.13 Å². The molecule has 25 heavy (non-hydrogen) atoms. The summed E-state index contributed by atoms with van der Waals surface area (Å²) in [7, 11) is 0. The van der Waals surface area contributed by atoms with Gasteiger partial charge in [0.2, 0.25) is 11.0 Å². The third-order valence-corrected chi connectivity index (χ3v) is 4.72. The maximum Gasteiger partial charge on any atom is 0.250 e. The molecule has 1 N–H and O–H groups in total. The Kier molecular flexibility index (Phi) is 5.81.